The van der Waals surface area contributed by atoms with E-state index in [2.05, 4.69) is 9.15 Å². The molecule has 1 aliphatic rings. The first-order valence-corrected chi connectivity index (χ1v) is 35.7. The molecule has 8 heterocycles. The number of hydrogen-bond donors (Lipinski definition) is 6. The largest absolute Gasteiger partial charge is 0.507 e. The number of rotatable bonds is 22. The normalized spacial score (nSPS) is 12.0. The lowest BCUT2D eigenvalue weighted by Crippen LogP contribution is -2.25. The quantitative estimate of drug-likeness (QED) is 0.00698. The maximum Gasteiger partial charge on any atom is 0.378 e. The second kappa shape index (κ2) is 44.1. The van der Waals surface area contributed by atoms with Gasteiger partial charge in [0.1, 0.15) is 98.7 Å². The molecule has 0 radical (unpaired) electrons. The van der Waals surface area contributed by atoms with Gasteiger partial charge in [0.25, 0.3) is 23.4 Å². The number of amides is 2. The number of aromatic carboxylic acids is 3. The molecule has 6 aromatic carbocycles. The number of hydrogen-bond acceptors (Lipinski definition) is 21. The number of likely N-dealkylation sites (N-methyl/N-ethyl adjacent to an activating group) is 1. The van der Waals surface area contributed by atoms with Crippen molar-refractivity contribution in [1.29, 1.82) is 0 Å². The lowest BCUT2D eigenvalue weighted by molar-refractivity contribution is -0.149. The predicted octanol–water partition coefficient (Wildman–Crippen LogP) is 16.7. The fourth-order valence-electron chi connectivity index (χ4n) is 11.0. The molecule has 6 N–H and O–H groups in total. The van der Waals surface area contributed by atoms with Crippen LogP contribution in [0.25, 0.3) is 11.5 Å². The van der Waals surface area contributed by atoms with E-state index < -0.39 is 59.0 Å². The SMILES string of the molecule is CC(=O)c1ccoc1Cc1ccc(F)cc1.CN1CC(=C(O)c2ccoc2Cc2ccc(F)cc2)C(=O)C1=O.COC(=O)C(=O)C=C(O)c1ccoc1Cc1ccc(F)cc1.CON(C)C(=O)c1ccoc1Cc1ccc(F)cc1.O=C(O)c1ccoc1.O=C(O)c1ccoc1C(O)c1ccc(F)cc1.O=C(O)c1ccoc1Cc1ccc(F)cc1. The van der Waals surface area contributed by atoms with Gasteiger partial charge in [0.05, 0.1) is 98.0 Å². The summed E-state index contributed by atoms with van der Waals surface area (Å²) < 4.78 is 117. The van der Waals surface area contributed by atoms with E-state index in [1.807, 2.05) is 0 Å². The van der Waals surface area contributed by atoms with Crippen LogP contribution in [-0.4, -0.2) is 129 Å². The van der Waals surface area contributed by atoms with Gasteiger partial charge < -0.3 is 71.2 Å². The van der Waals surface area contributed by atoms with Crippen molar-refractivity contribution in [1.82, 2.24) is 9.96 Å². The zero-order valence-corrected chi connectivity index (χ0v) is 64.6. The smallest absolute Gasteiger partial charge is 0.378 e. The number of ketones is 3. The average molecular weight is 1670 g/mol. The minimum absolute atomic E-state index is 0.0224. The van der Waals surface area contributed by atoms with Crippen LogP contribution in [0.15, 0.2) is 281 Å². The van der Waals surface area contributed by atoms with Crippen LogP contribution in [0.5, 0.6) is 0 Å². The van der Waals surface area contributed by atoms with Gasteiger partial charge >= 0.3 is 23.9 Å². The van der Waals surface area contributed by atoms with E-state index in [0.717, 1.165) is 46.1 Å². The summed E-state index contributed by atoms with van der Waals surface area (Å²) in [7, 11) is 5.51. The van der Waals surface area contributed by atoms with Crippen LogP contribution in [0, 0.1) is 34.9 Å². The number of nitrogens with zero attached hydrogens (tertiary/aromatic N) is 2. The number of ether oxygens (including phenoxy) is 1. The Morgan fingerprint density at radius 3 is 1.15 bits per heavy atom. The molecule has 1 unspecified atom stereocenters. The molecule has 1 aliphatic heterocycles. The summed E-state index contributed by atoms with van der Waals surface area (Å²) in [5.74, 6) is -7.24. The number of esters is 1. The number of carboxylic acids is 3. The Hall–Kier alpha value is -15.3. The summed E-state index contributed by atoms with van der Waals surface area (Å²) in [4.78, 5) is 107. The Morgan fingerprint density at radius 1 is 0.446 bits per heavy atom. The van der Waals surface area contributed by atoms with Gasteiger partial charge in [-0.3, -0.25) is 28.8 Å². The number of likely N-dealkylation sites (tertiary alicyclic amines) is 1. The Labute approximate surface area is 683 Å². The van der Waals surface area contributed by atoms with Crippen molar-refractivity contribution >= 4 is 64.6 Å². The van der Waals surface area contributed by atoms with Crippen LogP contribution in [0.2, 0.25) is 0 Å². The third kappa shape index (κ3) is 26.6. The molecule has 1 saturated heterocycles. The number of benzene rings is 6. The van der Waals surface area contributed by atoms with Crippen molar-refractivity contribution in [2.24, 2.45) is 0 Å². The number of methoxy groups -OCH3 is 1. The van der Waals surface area contributed by atoms with Gasteiger partial charge in [-0.2, -0.15) is 0 Å². The summed E-state index contributed by atoms with van der Waals surface area (Å²) in [5.41, 5.74) is 6.46. The first-order valence-electron chi connectivity index (χ1n) is 35.7. The molecule has 121 heavy (non-hydrogen) atoms. The van der Waals surface area contributed by atoms with Gasteiger partial charge in [0.2, 0.25) is 0 Å². The van der Waals surface area contributed by atoms with Gasteiger partial charge in [-0.15, -0.1) is 0 Å². The molecule has 2 amide bonds. The monoisotopic (exact) mass is 1670 g/mol. The van der Waals surface area contributed by atoms with Crippen LogP contribution in [0.4, 0.5) is 26.3 Å². The van der Waals surface area contributed by atoms with Crippen LogP contribution in [0.1, 0.15) is 144 Å². The zero-order valence-electron chi connectivity index (χ0n) is 64.6. The maximum absolute atomic E-state index is 12.9. The molecule has 0 bridgehead atoms. The first-order chi connectivity index (χ1) is 57.8. The highest BCUT2D eigenvalue weighted by molar-refractivity contribution is 6.46. The van der Waals surface area contributed by atoms with Gasteiger partial charge in [-0.1, -0.05) is 72.8 Å². The number of furan rings is 7. The van der Waals surface area contributed by atoms with Gasteiger partial charge in [0.15, 0.2) is 11.5 Å². The summed E-state index contributed by atoms with van der Waals surface area (Å²) in [6.45, 7) is 1.56. The molecular weight excluding hydrogens is 1590 g/mol. The third-order valence-corrected chi connectivity index (χ3v) is 17.3. The summed E-state index contributed by atoms with van der Waals surface area (Å²) in [6, 6.07) is 45.2. The first kappa shape index (κ1) is 91.2. The van der Waals surface area contributed by atoms with Crippen molar-refractivity contribution in [3.05, 3.63) is 392 Å². The minimum atomic E-state index is -1.23. The molecule has 0 saturated carbocycles. The zero-order chi connectivity index (χ0) is 88.0. The number of hydroxylamine groups is 2. The highest BCUT2D eigenvalue weighted by atomic mass is 19.1. The number of aliphatic hydroxyl groups is 3. The molecule has 26 nitrogen and oxygen atoms in total. The van der Waals surface area contributed by atoms with Crippen molar-refractivity contribution in [3.63, 3.8) is 0 Å². The van der Waals surface area contributed by atoms with E-state index in [0.29, 0.717) is 83.2 Å². The molecule has 13 aromatic rings. The van der Waals surface area contributed by atoms with Crippen LogP contribution < -0.4 is 0 Å². The topological polar surface area (TPSA) is 392 Å². The highest BCUT2D eigenvalue weighted by Gasteiger charge is 2.35. The fraction of sp³-hybridized carbons (Fsp3) is 0.135. The number of Topliss-reactive ketones (excluding diaryl/α,β-unsaturated/α-hetero) is 2. The summed E-state index contributed by atoms with van der Waals surface area (Å²) in [5, 5.41) is 57.3. The van der Waals surface area contributed by atoms with Crippen molar-refractivity contribution in [2.75, 3.05) is 34.9 Å². The molecule has 0 aliphatic carbocycles. The van der Waals surface area contributed by atoms with Crippen molar-refractivity contribution < 1.29 is 141 Å². The number of carboxylic acid groups (broad SMARTS) is 3. The molecule has 626 valence electrons. The Morgan fingerprint density at radius 2 is 0.793 bits per heavy atom. The average Bonchev–Trinajstić information content (AvgIpc) is 1.63. The number of carbonyl (C=O) groups excluding carboxylic acids is 6. The number of aliphatic hydroxyl groups excluding tert-OH is 3. The van der Waals surface area contributed by atoms with Crippen molar-refractivity contribution in [3.8, 4) is 0 Å². The number of halogens is 6. The van der Waals surface area contributed by atoms with E-state index in [4.69, 9.17) is 46.7 Å². The molecule has 32 heteroatoms. The maximum atomic E-state index is 12.9. The lowest BCUT2D eigenvalue weighted by Gasteiger charge is -2.13. The van der Waals surface area contributed by atoms with Crippen LogP contribution in [0.3, 0.4) is 0 Å². The summed E-state index contributed by atoms with van der Waals surface area (Å²) in [6.07, 6.45) is 12.2. The van der Waals surface area contributed by atoms with E-state index in [-0.39, 0.29) is 86.7 Å². The molecule has 14 rings (SSSR count). The second-order valence-electron chi connectivity index (χ2n) is 25.6. The van der Waals surface area contributed by atoms with Gasteiger partial charge in [-0.25, -0.2) is 50.6 Å². The highest BCUT2D eigenvalue weighted by Crippen LogP contribution is 2.30. The lowest BCUT2D eigenvalue weighted by atomic mass is 10.0. The Bertz CT molecular complexity index is 5620. The Balaban J connectivity index is 0.000000178. The van der Waals surface area contributed by atoms with Crippen molar-refractivity contribution in [2.45, 2.75) is 45.1 Å². The van der Waals surface area contributed by atoms with Gasteiger partial charge in [-0.05, 0) is 156 Å². The third-order valence-electron chi connectivity index (χ3n) is 17.3. The second-order valence-corrected chi connectivity index (χ2v) is 25.6. The standard InChI is InChI=1S/C17H14FNO4.C16H13FO5.C14H14FNO3.C13H11FO2.C12H9FO4.C12H9FO3.C5H4O3/c1-19-9-13(16(21)17(19)22)15(20)12-6-7-23-14(12)8-10-2-4-11(18)5-3-10;1-21-16(20)14(19)9-13(18)12-6-7-22-15(12)8-10-2-4-11(17)5-3-10;1-16(18-2)14(17)12-7-8-19-13(12)9-10-3-5-11(15)6-4-10;1-9(15)12-6-7-16-13(12)8-10-2-4-11(14)5-3-10;13-8-3-1-7(2-4-8)10(14)11-9(12(15)16)5-6-17-11;13-9-3-1-8(2-4-9)7-11-10(12(14)15)5-6-16-11;6-5(7)4-1-2-8-3-4/h2-7,20H,8-9H2,1H3;2-7,9,18H,8H2,1H3;3-8H,9H2,1-2H3;2-7H,8H2,1H3;1-6,10,14H,(H,15,16);1-6H,7H2,(H,14,15);1-3H,(H,6,7). The molecule has 1 fully saturated rings. The Kier molecular flexibility index (Phi) is 33.3. The van der Waals surface area contributed by atoms with Gasteiger partial charge in [0, 0.05) is 52.3 Å². The fourth-order valence-corrected chi connectivity index (χ4v) is 11.0. The predicted molar refractivity (Wildman–Crippen MR) is 417 cm³/mol. The van der Waals surface area contributed by atoms with Crippen LogP contribution >= 0.6 is 0 Å². The van der Waals surface area contributed by atoms with E-state index in [1.165, 1.54) is 198 Å². The van der Waals surface area contributed by atoms with E-state index in [9.17, 15) is 84.8 Å². The minimum Gasteiger partial charge on any atom is -0.507 e. The van der Waals surface area contributed by atoms with E-state index in [1.54, 1.807) is 72.8 Å². The van der Waals surface area contributed by atoms with E-state index >= 15 is 0 Å². The van der Waals surface area contributed by atoms with Crippen LogP contribution in [-0.2, 0) is 60.9 Å². The number of carbonyl (C=O) groups is 9. The summed E-state index contributed by atoms with van der Waals surface area (Å²) >= 11 is 0. The molecule has 0 spiro atoms. The molecule has 7 aromatic heterocycles. The molecular formula is C89H74F6N2O24. The molecule has 1 atom stereocenters.